The van der Waals surface area contributed by atoms with E-state index in [9.17, 15) is 14.7 Å². The zero-order valence-electron chi connectivity index (χ0n) is 16.5. The molecule has 1 atom stereocenters. The zero-order chi connectivity index (χ0) is 19.6. The van der Waals surface area contributed by atoms with Crippen LogP contribution >= 0.6 is 0 Å². The molecule has 0 aromatic heterocycles. The van der Waals surface area contributed by atoms with Gasteiger partial charge in [0.2, 0.25) is 0 Å². The van der Waals surface area contributed by atoms with E-state index in [0.717, 1.165) is 19.3 Å². The van der Waals surface area contributed by atoms with Crippen molar-refractivity contribution in [2.45, 2.75) is 52.1 Å². The number of carbonyl (C=O) groups is 2. The summed E-state index contributed by atoms with van der Waals surface area (Å²) in [6.07, 6.45) is 5.31. The van der Waals surface area contributed by atoms with Gasteiger partial charge < -0.3 is 14.6 Å². The molecule has 0 fully saturated rings. The minimum absolute atomic E-state index is 0. The summed E-state index contributed by atoms with van der Waals surface area (Å²) in [6.45, 7) is 4.06. The van der Waals surface area contributed by atoms with E-state index in [1.807, 2.05) is 6.92 Å². The first-order valence-corrected chi connectivity index (χ1v) is 9.32. The van der Waals surface area contributed by atoms with E-state index in [0.29, 0.717) is 16.9 Å². The van der Waals surface area contributed by atoms with Gasteiger partial charge in [0, 0.05) is 0 Å². The van der Waals surface area contributed by atoms with E-state index in [2.05, 4.69) is 6.92 Å². The molecule has 0 radical (unpaired) electrons. The summed E-state index contributed by atoms with van der Waals surface area (Å²) >= 11 is 0. The van der Waals surface area contributed by atoms with Crippen molar-refractivity contribution in [3.05, 3.63) is 59.7 Å². The summed E-state index contributed by atoms with van der Waals surface area (Å²) in [4.78, 5) is 24.2. The van der Waals surface area contributed by atoms with Gasteiger partial charge in [-0.25, -0.2) is 9.59 Å². The van der Waals surface area contributed by atoms with E-state index < -0.39 is 5.97 Å². The second kappa shape index (κ2) is 11.0. The normalized spacial score (nSPS) is 11.2. The maximum atomic E-state index is 12.2. The smallest absolute Gasteiger partial charge is 0.343 e. The molecule has 2 aromatic carbocycles. The van der Waals surface area contributed by atoms with Crippen molar-refractivity contribution >= 4 is 11.9 Å². The fourth-order valence-corrected chi connectivity index (χ4v) is 2.59. The molecule has 1 N–H and O–H groups in total. The summed E-state index contributed by atoms with van der Waals surface area (Å²) in [5.74, 6) is -0.508. The number of hydrogen-bond donors (Lipinski definition) is 1. The van der Waals surface area contributed by atoms with Crippen LogP contribution in [0.25, 0.3) is 0 Å². The number of benzene rings is 2. The second-order valence-electron chi connectivity index (χ2n) is 6.53. The van der Waals surface area contributed by atoms with E-state index >= 15 is 0 Å². The van der Waals surface area contributed by atoms with Crippen LogP contribution in [0.3, 0.4) is 0 Å². The molecule has 2 aromatic rings. The third-order valence-corrected chi connectivity index (χ3v) is 4.18. The topological polar surface area (TPSA) is 72.8 Å². The molecule has 5 nitrogen and oxygen atoms in total. The van der Waals surface area contributed by atoms with Crippen molar-refractivity contribution in [1.82, 2.24) is 0 Å². The van der Waals surface area contributed by atoms with Gasteiger partial charge in [-0.15, -0.1) is 0 Å². The van der Waals surface area contributed by atoms with Crippen LogP contribution in [0.4, 0.5) is 0 Å². The minimum atomic E-state index is -0.536. The molecule has 0 spiro atoms. The van der Waals surface area contributed by atoms with Gasteiger partial charge in [-0.1, -0.05) is 26.2 Å². The van der Waals surface area contributed by atoms with Gasteiger partial charge in [0.1, 0.15) is 11.5 Å². The first-order valence-electron chi connectivity index (χ1n) is 9.32. The SMILES string of the molecule is CCCCCCC(C)OC(=O)c1ccc(OC(=O)c2ccc(O)cc2)cc1.[Rf]. The average Bonchev–Trinajstić information content (AvgIpc) is 2.66. The summed E-state index contributed by atoms with van der Waals surface area (Å²) in [7, 11) is 0. The van der Waals surface area contributed by atoms with Gasteiger partial charge in [-0.05, 0) is 68.3 Å². The Morgan fingerprint density at radius 1 is 0.893 bits per heavy atom. The molecule has 1 unspecified atom stereocenters. The van der Waals surface area contributed by atoms with Crippen molar-refractivity contribution in [3.63, 3.8) is 0 Å². The molecule has 0 bridgehead atoms. The Bertz CT molecular complexity index is 741. The van der Waals surface area contributed by atoms with Crippen molar-refractivity contribution in [2.24, 2.45) is 0 Å². The Kier molecular flexibility index (Phi) is 8.74. The number of ether oxygens (including phenoxy) is 2. The molecule has 0 saturated carbocycles. The number of carbonyl (C=O) groups excluding carboxylic acids is 2. The molecule has 28 heavy (non-hydrogen) atoms. The molecular formula is C22H26O5Rf. The number of phenols is 1. The summed E-state index contributed by atoms with van der Waals surface area (Å²) in [5.41, 5.74) is 0.744. The summed E-state index contributed by atoms with van der Waals surface area (Å²) < 4.78 is 10.7. The fraction of sp³-hybridized carbons (Fsp3) is 0.364. The molecule has 0 saturated heterocycles. The second-order valence-corrected chi connectivity index (χ2v) is 6.53. The van der Waals surface area contributed by atoms with Crippen LogP contribution in [0.15, 0.2) is 48.5 Å². The van der Waals surface area contributed by atoms with Gasteiger partial charge in [-0.2, -0.15) is 0 Å². The maximum absolute atomic E-state index is 12.2. The Labute approximate surface area is 159 Å². The summed E-state index contributed by atoms with van der Waals surface area (Å²) in [5, 5.41) is 9.25. The Hall–Kier alpha value is -3.82. The van der Waals surface area contributed by atoms with Gasteiger partial charge >= 0.3 is 11.9 Å². The number of esters is 2. The Balaban J connectivity index is 0.00000392. The molecule has 2 rings (SSSR count). The number of rotatable bonds is 9. The first-order chi connectivity index (χ1) is 13.0. The molecule has 0 aliphatic rings. The molecule has 0 amide bonds. The third-order valence-electron chi connectivity index (χ3n) is 4.18. The molecule has 0 aliphatic carbocycles. The van der Waals surface area contributed by atoms with Crippen LogP contribution in [0, 0.1) is 0 Å². The van der Waals surface area contributed by atoms with Crippen molar-refractivity contribution in [3.8, 4) is 11.5 Å². The van der Waals surface area contributed by atoms with Gasteiger partial charge in [-0.3, -0.25) is 0 Å². The molecular weight excluding hydrogens is 611 g/mol. The van der Waals surface area contributed by atoms with Crippen LogP contribution in [0.1, 0.15) is 66.7 Å². The molecule has 0 heterocycles. The number of unbranched alkanes of at least 4 members (excludes halogenated alkanes) is 3. The Morgan fingerprint density at radius 2 is 1.46 bits per heavy atom. The van der Waals surface area contributed by atoms with Crippen LogP contribution in [0.2, 0.25) is 0 Å². The number of hydrogen-bond acceptors (Lipinski definition) is 5. The van der Waals surface area contributed by atoms with Crippen molar-refractivity contribution in [1.29, 1.82) is 0 Å². The minimum Gasteiger partial charge on any atom is -0.508 e. The van der Waals surface area contributed by atoms with Crippen LogP contribution < -0.4 is 4.74 Å². The van der Waals surface area contributed by atoms with Gasteiger partial charge in [0.25, 0.3) is 0 Å². The third kappa shape index (κ3) is 6.83. The standard InChI is InChI=1S/C22H26O5.Rf/c1-3-4-5-6-7-16(2)26-21(24)18-10-14-20(15-11-18)27-22(25)17-8-12-19(23)13-9-17;/h8-16,23H,3-7H2,1-2H3;. The predicted octanol–water partition coefficient (Wildman–Crippen LogP) is 5.13. The van der Waals surface area contributed by atoms with E-state index in [-0.39, 0.29) is 17.8 Å². The monoisotopic (exact) mass is 637 g/mol. The van der Waals surface area contributed by atoms with Gasteiger partial charge in [0.15, 0.2) is 0 Å². The van der Waals surface area contributed by atoms with E-state index in [4.69, 9.17) is 9.47 Å². The first kappa shape index (κ1) is 22.2. The molecule has 6 heteroatoms. The number of phenolic OH excluding ortho intramolecular Hbond substituents is 1. The molecule has 146 valence electrons. The average molecular weight is 637 g/mol. The van der Waals surface area contributed by atoms with Crippen LogP contribution in [0.5, 0.6) is 11.5 Å². The fourth-order valence-electron chi connectivity index (χ4n) is 2.59. The maximum Gasteiger partial charge on any atom is 0.343 e. The van der Waals surface area contributed by atoms with E-state index in [1.54, 1.807) is 24.3 Å². The quantitative estimate of drug-likeness (QED) is 0.235. The summed E-state index contributed by atoms with van der Waals surface area (Å²) in [6, 6.07) is 12.0. The molecule has 0 aliphatic heterocycles. The van der Waals surface area contributed by atoms with Crippen molar-refractivity contribution < 1.29 is 24.2 Å². The van der Waals surface area contributed by atoms with Crippen LogP contribution in [-0.4, -0.2) is 23.1 Å². The number of aromatic hydroxyl groups is 1. The van der Waals surface area contributed by atoms with Crippen molar-refractivity contribution in [2.75, 3.05) is 0 Å². The Morgan fingerprint density at radius 3 is 2.07 bits per heavy atom. The van der Waals surface area contributed by atoms with E-state index in [1.165, 1.54) is 37.1 Å². The predicted molar refractivity (Wildman–Crippen MR) is 103 cm³/mol. The van der Waals surface area contributed by atoms with Gasteiger partial charge in [0.05, 0.1) is 17.2 Å². The zero-order valence-corrected chi connectivity index (χ0v) is 22.9. The van der Waals surface area contributed by atoms with Crippen LogP contribution in [-0.2, 0) is 4.74 Å². The largest absolute Gasteiger partial charge is 0.508 e.